The summed E-state index contributed by atoms with van der Waals surface area (Å²) in [7, 11) is 3.92. The van der Waals surface area contributed by atoms with Crippen LogP contribution < -0.4 is 0 Å². The highest BCUT2D eigenvalue weighted by Crippen LogP contribution is 2.30. The molecule has 3 rings (SSSR count). The van der Waals surface area contributed by atoms with E-state index in [1.54, 1.807) is 18.2 Å². The van der Waals surface area contributed by atoms with Crippen LogP contribution in [0.2, 0.25) is 5.02 Å². The minimum atomic E-state index is -0.853. The van der Waals surface area contributed by atoms with E-state index in [1.165, 1.54) is 17.8 Å². The summed E-state index contributed by atoms with van der Waals surface area (Å²) >= 11 is 7.31. The maximum atomic E-state index is 14.0. The van der Waals surface area contributed by atoms with Crippen molar-refractivity contribution in [3.63, 3.8) is 0 Å². The van der Waals surface area contributed by atoms with Crippen molar-refractivity contribution in [3.8, 4) is 5.69 Å². The molecule has 0 N–H and O–H groups in total. The van der Waals surface area contributed by atoms with E-state index >= 15 is 0 Å². The zero-order chi connectivity index (χ0) is 19.6. The van der Waals surface area contributed by atoms with Crippen LogP contribution in [0.15, 0.2) is 47.6 Å². The zero-order valence-electron chi connectivity index (χ0n) is 15.2. The van der Waals surface area contributed by atoms with Crippen LogP contribution in [0.5, 0.6) is 0 Å². The number of hydrogen-bond donors (Lipinski definition) is 0. The quantitative estimate of drug-likeness (QED) is 0.530. The summed E-state index contributed by atoms with van der Waals surface area (Å²) in [6.07, 6.45) is 0. The summed E-state index contributed by atoms with van der Waals surface area (Å²) in [6.45, 7) is 2.02. The van der Waals surface area contributed by atoms with Crippen molar-refractivity contribution in [2.75, 3.05) is 14.1 Å². The molecular formula is C19H19ClF2N4S. The van der Waals surface area contributed by atoms with Crippen molar-refractivity contribution >= 4 is 23.4 Å². The summed E-state index contributed by atoms with van der Waals surface area (Å²) in [4.78, 5) is 2.02. The Bertz CT molecular complexity index is 928. The standard InChI is InChI=1S/C19H19ClF2N4S/c1-12(25(2)3)18-23-24-19(26(18)15-9-7-14(20)8-10-15)27-11-13-5-4-6-16(21)17(13)22/h4-10,12H,11H2,1-3H3. The molecule has 0 fully saturated rings. The van der Waals surface area contributed by atoms with Gasteiger partial charge in [0, 0.05) is 22.0 Å². The predicted octanol–water partition coefficient (Wildman–Crippen LogP) is 5.11. The van der Waals surface area contributed by atoms with Crippen molar-refractivity contribution < 1.29 is 8.78 Å². The first-order chi connectivity index (χ1) is 12.9. The molecule has 1 atom stereocenters. The Morgan fingerprint density at radius 3 is 2.48 bits per heavy atom. The largest absolute Gasteiger partial charge is 0.300 e. The van der Waals surface area contributed by atoms with Crippen molar-refractivity contribution in [1.29, 1.82) is 0 Å². The van der Waals surface area contributed by atoms with E-state index in [-0.39, 0.29) is 17.4 Å². The van der Waals surface area contributed by atoms with Crippen LogP contribution in [0.4, 0.5) is 8.78 Å². The lowest BCUT2D eigenvalue weighted by atomic mass is 10.2. The monoisotopic (exact) mass is 408 g/mol. The van der Waals surface area contributed by atoms with Gasteiger partial charge >= 0.3 is 0 Å². The highest BCUT2D eigenvalue weighted by Gasteiger charge is 2.21. The predicted molar refractivity (Wildman–Crippen MR) is 104 cm³/mol. The second kappa shape index (κ2) is 8.37. The lowest BCUT2D eigenvalue weighted by molar-refractivity contribution is 0.305. The number of thioether (sulfide) groups is 1. The van der Waals surface area contributed by atoms with E-state index < -0.39 is 11.6 Å². The van der Waals surface area contributed by atoms with Crippen LogP contribution in [-0.2, 0) is 5.75 Å². The number of benzene rings is 2. The average Bonchev–Trinajstić information content (AvgIpc) is 3.06. The Hall–Kier alpha value is -1.96. The zero-order valence-corrected chi connectivity index (χ0v) is 16.7. The SMILES string of the molecule is CC(c1nnc(SCc2cccc(F)c2F)n1-c1ccc(Cl)cc1)N(C)C. The molecule has 0 radical (unpaired) electrons. The first-order valence-corrected chi connectivity index (χ1v) is 9.68. The lowest BCUT2D eigenvalue weighted by Gasteiger charge is -2.20. The number of aromatic nitrogens is 3. The maximum Gasteiger partial charge on any atom is 0.196 e. The molecule has 0 saturated carbocycles. The second-order valence-electron chi connectivity index (χ2n) is 6.29. The van der Waals surface area contributed by atoms with Crippen LogP contribution in [0.3, 0.4) is 0 Å². The molecule has 1 aromatic heterocycles. The molecule has 8 heteroatoms. The smallest absolute Gasteiger partial charge is 0.196 e. The van der Waals surface area contributed by atoms with Gasteiger partial charge < -0.3 is 0 Å². The molecule has 27 heavy (non-hydrogen) atoms. The van der Waals surface area contributed by atoms with E-state index in [1.807, 2.05) is 42.6 Å². The average molecular weight is 409 g/mol. The first kappa shape index (κ1) is 19.8. The Balaban J connectivity index is 1.97. The highest BCUT2D eigenvalue weighted by atomic mass is 35.5. The summed E-state index contributed by atoms with van der Waals surface area (Å²) < 4.78 is 29.3. The Labute approximate surface area is 166 Å². The van der Waals surface area contributed by atoms with Gasteiger partial charge in [-0.1, -0.05) is 35.5 Å². The molecule has 4 nitrogen and oxygen atoms in total. The Morgan fingerprint density at radius 1 is 1.11 bits per heavy atom. The molecule has 0 amide bonds. The number of nitrogens with zero attached hydrogens (tertiary/aromatic N) is 4. The third kappa shape index (κ3) is 4.31. The van der Waals surface area contributed by atoms with Crippen molar-refractivity contribution in [1.82, 2.24) is 19.7 Å². The molecule has 1 unspecified atom stereocenters. The third-order valence-electron chi connectivity index (χ3n) is 4.28. The van der Waals surface area contributed by atoms with Crippen LogP contribution in [0.1, 0.15) is 24.4 Å². The molecule has 0 aliphatic heterocycles. The van der Waals surface area contributed by atoms with Gasteiger partial charge in [-0.25, -0.2) is 8.78 Å². The molecule has 0 aliphatic carbocycles. The summed E-state index contributed by atoms with van der Waals surface area (Å²) in [5.41, 5.74) is 1.14. The topological polar surface area (TPSA) is 34.0 Å². The summed E-state index contributed by atoms with van der Waals surface area (Å²) in [5, 5.41) is 9.85. The molecular weight excluding hydrogens is 390 g/mol. The van der Waals surface area contributed by atoms with E-state index in [0.717, 1.165) is 17.6 Å². The first-order valence-electron chi connectivity index (χ1n) is 8.32. The number of hydrogen-bond acceptors (Lipinski definition) is 4. The number of rotatable bonds is 6. The van der Waals surface area contributed by atoms with Crippen LogP contribution in [0.25, 0.3) is 5.69 Å². The number of halogens is 3. The molecule has 0 saturated heterocycles. The summed E-state index contributed by atoms with van der Waals surface area (Å²) in [6, 6.07) is 11.5. The van der Waals surface area contributed by atoms with E-state index in [9.17, 15) is 8.78 Å². The summed E-state index contributed by atoms with van der Waals surface area (Å²) in [5.74, 6) is -0.686. The van der Waals surface area contributed by atoms with Gasteiger partial charge in [-0.3, -0.25) is 9.47 Å². The van der Waals surface area contributed by atoms with Gasteiger partial charge in [0.05, 0.1) is 6.04 Å². The van der Waals surface area contributed by atoms with Crippen molar-refractivity contribution in [2.45, 2.75) is 23.9 Å². The maximum absolute atomic E-state index is 14.0. The van der Waals surface area contributed by atoms with E-state index in [0.29, 0.717) is 10.2 Å². The minimum Gasteiger partial charge on any atom is -0.300 e. The van der Waals surface area contributed by atoms with E-state index in [2.05, 4.69) is 10.2 Å². The van der Waals surface area contributed by atoms with Gasteiger partial charge in [-0.15, -0.1) is 10.2 Å². The fraction of sp³-hybridized carbons (Fsp3) is 0.263. The molecule has 3 aromatic rings. The van der Waals surface area contributed by atoms with Gasteiger partial charge in [-0.05, 0) is 51.4 Å². The fourth-order valence-electron chi connectivity index (χ4n) is 2.51. The highest BCUT2D eigenvalue weighted by molar-refractivity contribution is 7.98. The van der Waals surface area contributed by atoms with E-state index in [4.69, 9.17) is 11.6 Å². The van der Waals surface area contributed by atoms with Crippen LogP contribution >= 0.6 is 23.4 Å². The minimum absolute atomic E-state index is 0.00781. The van der Waals surface area contributed by atoms with Gasteiger partial charge in [0.15, 0.2) is 22.6 Å². The normalized spacial score (nSPS) is 12.6. The fourth-order valence-corrected chi connectivity index (χ4v) is 3.57. The molecule has 0 aliphatic rings. The van der Waals surface area contributed by atoms with Gasteiger partial charge in [0.2, 0.25) is 0 Å². The van der Waals surface area contributed by atoms with Crippen molar-refractivity contribution in [3.05, 3.63) is 70.5 Å². The van der Waals surface area contributed by atoms with Gasteiger partial charge in [0.1, 0.15) is 0 Å². The van der Waals surface area contributed by atoms with Crippen LogP contribution in [-0.4, -0.2) is 33.8 Å². The van der Waals surface area contributed by atoms with Crippen LogP contribution in [0, 0.1) is 11.6 Å². The van der Waals surface area contributed by atoms with Crippen molar-refractivity contribution in [2.24, 2.45) is 0 Å². The molecule has 0 bridgehead atoms. The van der Waals surface area contributed by atoms with Gasteiger partial charge in [0.25, 0.3) is 0 Å². The second-order valence-corrected chi connectivity index (χ2v) is 7.67. The Morgan fingerprint density at radius 2 is 1.81 bits per heavy atom. The molecule has 0 spiro atoms. The van der Waals surface area contributed by atoms with Gasteiger partial charge in [-0.2, -0.15) is 0 Å². The lowest BCUT2D eigenvalue weighted by Crippen LogP contribution is -2.20. The molecule has 2 aromatic carbocycles. The Kier molecular flexibility index (Phi) is 6.14. The molecule has 1 heterocycles. The third-order valence-corrected chi connectivity index (χ3v) is 5.51. The molecule has 142 valence electrons.